The van der Waals surface area contributed by atoms with E-state index in [1.807, 2.05) is 0 Å². The highest BCUT2D eigenvalue weighted by molar-refractivity contribution is 5.16. The molecule has 5 heteroatoms. The summed E-state index contributed by atoms with van der Waals surface area (Å²) in [6.07, 6.45) is 10.7. The fourth-order valence-electron chi connectivity index (χ4n) is 9.46. The van der Waals surface area contributed by atoms with E-state index >= 15 is 0 Å². The van der Waals surface area contributed by atoms with Gasteiger partial charge in [0.1, 0.15) is 0 Å². The largest absolute Gasteiger partial charge is 0.396 e. The molecule has 7 atom stereocenters. The van der Waals surface area contributed by atoms with E-state index in [0.717, 1.165) is 31.6 Å². The molecule has 5 nitrogen and oxygen atoms in total. The molecule has 29 heavy (non-hydrogen) atoms. The van der Waals surface area contributed by atoms with Crippen LogP contribution in [-0.2, 0) is 18.9 Å². The Morgan fingerprint density at radius 2 is 1.59 bits per heavy atom. The summed E-state index contributed by atoms with van der Waals surface area (Å²) in [5.74, 6) is 2.51. The molecular weight excluding hydrogens is 368 g/mol. The van der Waals surface area contributed by atoms with Crippen LogP contribution in [0.3, 0.4) is 0 Å². The summed E-state index contributed by atoms with van der Waals surface area (Å²) < 4.78 is 25.6. The topological polar surface area (TPSA) is 57.2 Å². The molecule has 4 saturated carbocycles. The van der Waals surface area contributed by atoms with Gasteiger partial charge in [-0.05, 0) is 73.5 Å². The third-order valence-corrected chi connectivity index (χ3v) is 10.4. The van der Waals surface area contributed by atoms with Crippen molar-refractivity contribution >= 4 is 0 Å². The zero-order valence-electron chi connectivity index (χ0n) is 17.9. The number of ether oxygens (including phenoxy) is 4. The Balaban J connectivity index is 1.42. The summed E-state index contributed by atoms with van der Waals surface area (Å²) in [6, 6.07) is 0. The van der Waals surface area contributed by atoms with Gasteiger partial charge < -0.3 is 24.1 Å². The predicted molar refractivity (Wildman–Crippen MR) is 107 cm³/mol. The molecule has 0 aromatic heterocycles. The monoisotopic (exact) mass is 406 g/mol. The second-order valence-electron chi connectivity index (χ2n) is 11.1. The van der Waals surface area contributed by atoms with E-state index in [2.05, 4.69) is 6.92 Å². The van der Waals surface area contributed by atoms with E-state index in [-0.39, 0.29) is 11.7 Å². The molecule has 0 aromatic carbocycles. The first-order valence-electron chi connectivity index (χ1n) is 12.3. The van der Waals surface area contributed by atoms with Crippen LogP contribution < -0.4 is 0 Å². The maximum Gasteiger partial charge on any atom is 0.179 e. The summed E-state index contributed by atoms with van der Waals surface area (Å²) in [5.41, 5.74) is 0.199. The lowest BCUT2D eigenvalue weighted by atomic mass is 9.42. The molecule has 6 fully saturated rings. The van der Waals surface area contributed by atoms with Crippen LogP contribution in [0.5, 0.6) is 0 Å². The molecular formula is C24H38O5. The van der Waals surface area contributed by atoms with Gasteiger partial charge >= 0.3 is 0 Å². The Morgan fingerprint density at radius 1 is 0.828 bits per heavy atom. The van der Waals surface area contributed by atoms with Crippen molar-refractivity contribution in [2.75, 3.05) is 33.0 Å². The van der Waals surface area contributed by atoms with Crippen LogP contribution in [0.15, 0.2) is 0 Å². The highest BCUT2D eigenvalue weighted by Gasteiger charge is 2.73. The van der Waals surface area contributed by atoms with Gasteiger partial charge in [0.05, 0.1) is 31.8 Å². The fraction of sp³-hybridized carbons (Fsp3) is 1.00. The molecule has 2 bridgehead atoms. The van der Waals surface area contributed by atoms with Crippen molar-refractivity contribution < 1.29 is 24.1 Å². The Bertz CT molecular complexity index is 627. The molecule has 2 aliphatic heterocycles. The van der Waals surface area contributed by atoms with Crippen LogP contribution in [0.2, 0.25) is 0 Å². The van der Waals surface area contributed by atoms with Crippen molar-refractivity contribution in [3.8, 4) is 0 Å². The SMILES string of the molecule is C[C@]12CCCCC1[C@@H](CO)C[C@@H]1[C@@H]2CC[C@]23C4OCCOC2(CC[C@@H]13)OCCO4. The Morgan fingerprint density at radius 3 is 2.34 bits per heavy atom. The van der Waals surface area contributed by atoms with Crippen molar-refractivity contribution in [3.63, 3.8) is 0 Å². The van der Waals surface area contributed by atoms with Crippen LogP contribution in [0, 0.1) is 40.4 Å². The van der Waals surface area contributed by atoms with Gasteiger partial charge in [0.15, 0.2) is 12.1 Å². The standard InChI is InChI=1S/C24H38O5/c1-22-7-3-2-4-18(22)16(15-25)14-17-19(22)5-8-23-20(17)6-9-24(23)28-12-10-26-21(23)27-11-13-29-24/h16-21,25H,2-15H2,1H3/t16-,17-,18?,19+,20+,21?,22+,23+,24?/m1/s1. The molecule has 6 rings (SSSR count). The van der Waals surface area contributed by atoms with E-state index < -0.39 is 5.79 Å². The first kappa shape index (κ1) is 19.5. The van der Waals surface area contributed by atoms with Crippen LogP contribution in [0.4, 0.5) is 0 Å². The van der Waals surface area contributed by atoms with Crippen molar-refractivity contribution in [2.24, 2.45) is 40.4 Å². The summed E-state index contributed by atoms with van der Waals surface area (Å²) in [6.45, 7) is 5.30. The maximum absolute atomic E-state index is 10.4. The van der Waals surface area contributed by atoms with E-state index in [4.69, 9.17) is 18.9 Å². The van der Waals surface area contributed by atoms with Gasteiger partial charge in [-0.3, -0.25) is 0 Å². The molecule has 0 aromatic rings. The van der Waals surface area contributed by atoms with Crippen molar-refractivity contribution in [1.82, 2.24) is 0 Å². The maximum atomic E-state index is 10.4. The first-order valence-corrected chi connectivity index (χ1v) is 12.3. The molecule has 1 spiro atoms. The Labute approximate surface area is 174 Å². The van der Waals surface area contributed by atoms with Gasteiger partial charge in [-0.1, -0.05) is 19.8 Å². The smallest absolute Gasteiger partial charge is 0.179 e. The highest BCUT2D eigenvalue weighted by Crippen LogP contribution is 2.71. The van der Waals surface area contributed by atoms with Gasteiger partial charge in [0.2, 0.25) is 0 Å². The van der Waals surface area contributed by atoms with Crippen LogP contribution in [0.25, 0.3) is 0 Å². The predicted octanol–water partition coefficient (Wildman–Crippen LogP) is 3.73. The second-order valence-corrected chi connectivity index (χ2v) is 11.1. The van der Waals surface area contributed by atoms with Gasteiger partial charge in [-0.25, -0.2) is 0 Å². The summed E-state index contributed by atoms with van der Waals surface area (Å²) in [5, 5.41) is 10.4. The summed E-state index contributed by atoms with van der Waals surface area (Å²) in [4.78, 5) is 0. The Kier molecular flexibility index (Phi) is 4.63. The molecule has 0 amide bonds. The van der Waals surface area contributed by atoms with Crippen LogP contribution >= 0.6 is 0 Å². The number of rotatable bonds is 1. The first-order chi connectivity index (χ1) is 14.1. The normalized spacial score (nSPS) is 56.9. The number of aliphatic hydroxyl groups excluding tert-OH is 1. The van der Waals surface area contributed by atoms with Crippen molar-refractivity contribution in [3.05, 3.63) is 0 Å². The number of hydrogen-bond acceptors (Lipinski definition) is 5. The molecule has 4 aliphatic carbocycles. The Hall–Kier alpha value is -0.200. The van der Waals surface area contributed by atoms with Crippen molar-refractivity contribution in [2.45, 2.75) is 76.8 Å². The van der Waals surface area contributed by atoms with Crippen molar-refractivity contribution in [1.29, 1.82) is 0 Å². The minimum absolute atomic E-state index is 0.182. The molecule has 1 unspecified atom stereocenters. The molecule has 6 aliphatic rings. The molecule has 2 heterocycles. The lowest BCUT2D eigenvalue weighted by molar-refractivity contribution is -0.320. The zero-order chi connectivity index (χ0) is 19.7. The van der Waals surface area contributed by atoms with E-state index in [0.29, 0.717) is 62.1 Å². The fourth-order valence-corrected chi connectivity index (χ4v) is 9.46. The minimum atomic E-state index is -0.528. The third-order valence-electron chi connectivity index (χ3n) is 10.4. The minimum Gasteiger partial charge on any atom is -0.396 e. The lowest BCUT2D eigenvalue weighted by Crippen LogP contribution is -2.63. The van der Waals surface area contributed by atoms with E-state index in [1.165, 1.54) is 32.1 Å². The molecule has 1 N–H and O–H groups in total. The van der Waals surface area contributed by atoms with Gasteiger partial charge in [-0.2, -0.15) is 0 Å². The molecule has 0 radical (unpaired) electrons. The highest BCUT2D eigenvalue weighted by atomic mass is 16.8. The number of aliphatic hydroxyl groups is 1. The van der Waals surface area contributed by atoms with Gasteiger partial charge in [0.25, 0.3) is 0 Å². The lowest BCUT2D eigenvalue weighted by Gasteiger charge is -2.63. The third kappa shape index (κ3) is 2.46. The number of fused-ring (bicyclic) bond motifs is 4. The average molecular weight is 407 g/mol. The van der Waals surface area contributed by atoms with E-state index in [1.54, 1.807) is 0 Å². The van der Waals surface area contributed by atoms with Crippen LogP contribution in [0.1, 0.15) is 64.7 Å². The average Bonchev–Trinajstić information content (AvgIpc) is 2.91. The number of hydrogen-bond donors (Lipinski definition) is 1. The van der Waals surface area contributed by atoms with Crippen LogP contribution in [-0.4, -0.2) is 50.2 Å². The molecule has 2 saturated heterocycles. The van der Waals surface area contributed by atoms with Gasteiger partial charge in [-0.15, -0.1) is 0 Å². The van der Waals surface area contributed by atoms with Gasteiger partial charge in [0, 0.05) is 13.0 Å². The molecule has 164 valence electrons. The summed E-state index contributed by atoms with van der Waals surface area (Å²) >= 11 is 0. The van der Waals surface area contributed by atoms with E-state index in [9.17, 15) is 5.11 Å². The quantitative estimate of drug-likeness (QED) is 0.719. The second kappa shape index (κ2) is 6.90. The summed E-state index contributed by atoms with van der Waals surface area (Å²) in [7, 11) is 0. The zero-order valence-corrected chi connectivity index (χ0v) is 17.9.